The molecule has 2 N–H and O–H groups in total. The van der Waals surface area contributed by atoms with Crippen LogP contribution in [0, 0.1) is 0 Å². The molecule has 1 aromatic heterocycles. The molecule has 1 rings (SSSR count). The van der Waals surface area contributed by atoms with Crippen LogP contribution in [0.25, 0.3) is 0 Å². The summed E-state index contributed by atoms with van der Waals surface area (Å²) in [6, 6.07) is 3.93. The Bertz CT molecular complexity index is 180. The van der Waals surface area contributed by atoms with Crippen LogP contribution in [-0.2, 0) is 15.6 Å². The molecule has 0 aliphatic carbocycles. The average molecular weight is 166 g/mol. The SMILES string of the molecule is N[C](=[Mn])c1cccs1. The van der Waals surface area contributed by atoms with Gasteiger partial charge in [0.25, 0.3) is 0 Å². The van der Waals surface area contributed by atoms with Gasteiger partial charge in [0.1, 0.15) is 0 Å². The minimum atomic E-state index is 0.715. The van der Waals surface area contributed by atoms with Crippen molar-refractivity contribution in [2.45, 2.75) is 0 Å². The zero-order valence-corrected chi connectivity index (χ0v) is 6.09. The van der Waals surface area contributed by atoms with Crippen LogP contribution >= 0.6 is 11.3 Å². The molecular formula is C5H5MnNS. The van der Waals surface area contributed by atoms with Gasteiger partial charge in [0.2, 0.25) is 0 Å². The minimum absolute atomic E-state index is 0.715. The summed E-state index contributed by atoms with van der Waals surface area (Å²) in [5.41, 5.74) is 5.40. The van der Waals surface area contributed by atoms with Crippen molar-refractivity contribution in [1.29, 1.82) is 0 Å². The number of rotatable bonds is 1. The first-order valence-corrected chi connectivity index (χ1v) is 3.59. The van der Waals surface area contributed by atoms with Crippen molar-refractivity contribution < 1.29 is 15.6 Å². The van der Waals surface area contributed by atoms with Gasteiger partial charge in [-0.05, 0) is 0 Å². The van der Waals surface area contributed by atoms with Crippen molar-refractivity contribution in [1.82, 2.24) is 0 Å². The summed E-state index contributed by atoms with van der Waals surface area (Å²) in [6.45, 7) is 0. The van der Waals surface area contributed by atoms with Crippen LogP contribution in [0.3, 0.4) is 0 Å². The van der Waals surface area contributed by atoms with Crippen LogP contribution in [0.4, 0.5) is 0 Å². The summed E-state index contributed by atoms with van der Waals surface area (Å²) in [4.78, 5) is 1.09. The number of thiophene rings is 1. The molecule has 0 radical (unpaired) electrons. The second-order valence-electron chi connectivity index (χ2n) is 1.33. The number of hydrogen-bond donors (Lipinski definition) is 1. The molecule has 0 unspecified atom stereocenters. The van der Waals surface area contributed by atoms with Gasteiger partial charge in [-0.2, -0.15) is 0 Å². The second kappa shape index (κ2) is 2.55. The molecule has 0 aromatic carbocycles. The summed E-state index contributed by atoms with van der Waals surface area (Å²) >= 11 is 4.79. The number of hydrogen-bond acceptors (Lipinski definition) is 2. The van der Waals surface area contributed by atoms with E-state index in [9.17, 15) is 0 Å². The first-order valence-electron chi connectivity index (χ1n) is 2.12. The predicted molar refractivity (Wildman–Crippen MR) is 32.6 cm³/mol. The molecule has 3 heteroatoms. The van der Waals surface area contributed by atoms with E-state index in [1.807, 2.05) is 17.5 Å². The fraction of sp³-hybridized carbons (Fsp3) is 0. The fourth-order valence-corrected chi connectivity index (χ4v) is 1.29. The van der Waals surface area contributed by atoms with Crippen LogP contribution in [0.2, 0.25) is 0 Å². The predicted octanol–water partition coefficient (Wildman–Crippen LogP) is 0.732. The van der Waals surface area contributed by atoms with E-state index < -0.39 is 0 Å². The molecule has 1 nitrogen and oxygen atoms in total. The zero-order chi connectivity index (χ0) is 5.98. The third kappa shape index (κ3) is 1.26. The molecule has 0 aliphatic rings. The van der Waals surface area contributed by atoms with Crippen LogP contribution in [0.5, 0.6) is 0 Å². The molecule has 0 amide bonds. The Balaban J connectivity index is 2.93. The van der Waals surface area contributed by atoms with Crippen molar-refractivity contribution in [3.05, 3.63) is 22.4 Å². The molecule has 0 bridgehead atoms. The van der Waals surface area contributed by atoms with Crippen molar-refractivity contribution in [3.8, 4) is 0 Å². The molecule has 8 heavy (non-hydrogen) atoms. The molecule has 0 saturated carbocycles. The van der Waals surface area contributed by atoms with Gasteiger partial charge in [0.15, 0.2) is 0 Å². The molecule has 43 valence electrons. The van der Waals surface area contributed by atoms with Crippen molar-refractivity contribution in [3.63, 3.8) is 0 Å². The molecule has 0 atom stereocenters. The van der Waals surface area contributed by atoms with E-state index in [1.54, 1.807) is 11.3 Å². The molecule has 0 fully saturated rings. The average Bonchev–Trinajstić information content (AvgIpc) is 2.12. The maximum absolute atomic E-state index is 5.40. The van der Waals surface area contributed by atoms with Crippen molar-refractivity contribution >= 4 is 15.9 Å². The van der Waals surface area contributed by atoms with Gasteiger partial charge in [-0.15, -0.1) is 0 Å². The first kappa shape index (κ1) is 6.17. The van der Waals surface area contributed by atoms with Gasteiger partial charge >= 0.3 is 59.6 Å². The Hall–Kier alpha value is 0.0495. The topological polar surface area (TPSA) is 26.0 Å². The van der Waals surface area contributed by atoms with Crippen LogP contribution < -0.4 is 5.73 Å². The molecule has 0 aliphatic heterocycles. The Labute approximate surface area is 59.9 Å². The standard InChI is InChI=1S/C5H5NS.Mn/c6-4-5-2-1-3-7-5;/h1-3H,6H2;. The Kier molecular flexibility index (Phi) is 1.97. The number of nitrogens with two attached hydrogens (primary N) is 1. The second-order valence-corrected chi connectivity index (χ2v) is 2.91. The van der Waals surface area contributed by atoms with E-state index in [2.05, 4.69) is 15.6 Å². The Morgan fingerprint density at radius 1 is 1.75 bits per heavy atom. The fourth-order valence-electron chi connectivity index (χ4n) is 0.414. The monoisotopic (exact) mass is 166 g/mol. The zero-order valence-electron chi connectivity index (χ0n) is 4.10. The summed E-state index contributed by atoms with van der Waals surface area (Å²) in [7, 11) is 0. The van der Waals surface area contributed by atoms with Gasteiger partial charge in [-0.25, -0.2) is 0 Å². The summed E-state index contributed by atoms with van der Waals surface area (Å²) < 4.78 is 0.715. The summed E-state index contributed by atoms with van der Waals surface area (Å²) in [5, 5.41) is 1.99. The van der Waals surface area contributed by atoms with Crippen LogP contribution in [-0.4, -0.2) is 4.54 Å². The van der Waals surface area contributed by atoms with E-state index in [1.165, 1.54) is 0 Å². The Morgan fingerprint density at radius 3 is 2.75 bits per heavy atom. The summed E-state index contributed by atoms with van der Waals surface area (Å²) in [6.07, 6.45) is 0. The van der Waals surface area contributed by atoms with Crippen LogP contribution in [0.1, 0.15) is 4.88 Å². The van der Waals surface area contributed by atoms with E-state index in [4.69, 9.17) is 5.73 Å². The molecule has 0 saturated heterocycles. The van der Waals surface area contributed by atoms with Gasteiger partial charge < -0.3 is 0 Å². The molecule has 1 heterocycles. The third-order valence-corrected chi connectivity index (χ3v) is 2.17. The van der Waals surface area contributed by atoms with Gasteiger partial charge in [-0.1, -0.05) is 0 Å². The van der Waals surface area contributed by atoms with Gasteiger partial charge in [-0.3, -0.25) is 0 Å². The molecule has 1 aromatic rings. The van der Waals surface area contributed by atoms with E-state index in [0.29, 0.717) is 4.54 Å². The normalized spacial score (nSPS) is 9.12. The van der Waals surface area contributed by atoms with Gasteiger partial charge in [0.05, 0.1) is 0 Å². The van der Waals surface area contributed by atoms with Crippen LogP contribution in [0.15, 0.2) is 17.5 Å². The van der Waals surface area contributed by atoms with Crippen molar-refractivity contribution in [2.24, 2.45) is 5.73 Å². The molecule has 0 spiro atoms. The van der Waals surface area contributed by atoms with E-state index >= 15 is 0 Å². The van der Waals surface area contributed by atoms with E-state index in [0.717, 1.165) is 4.88 Å². The van der Waals surface area contributed by atoms with Gasteiger partial charge in [0, 0.05) is 0 Å². The quantitative estimate of drug-likeness (QED) is 0.611. The Morgan fingerprint density at radius 2 is 2.50 bits per heavy atom. The summed E-state index contributed by atoms with van der Waals surface area (Å²) in [5.74, 6) is 0. The molecular weight excluding hydrogens is 161 g/mol. The van der Waals surface area contributed by atoms with Crippen molar-refractivity contribution in [2.75, 3.05) is 0 Å². The first-order chi connectivity index (χ1) is 3.80. The third-order valence-electron chi connectivity index (χ3n) is 0.757. The van der Waals surface area contributed by atoms with E-state index in [-0.39, 0.29) is 0 Å². The maximum atomic E-state index is 5.40.